The van der Waals surface area contributed by atoms with E-state index in [1.54, 1.807) is 16.9 Å². The molecule has 1 unspecified atom stereocenters. The van der Waals surface area contributed by atoms with Crippen LogP contribution in [0.4, 0.5) is 15.3 Å². The van der Waals surface area contributed by atoms with E-state index in [0.717, 1.165) is 5.69 Å². The molecule has 0 aromatic heterocycles. The zero-order valence-electron chi connectivity index (χ0n) is 15.2. The lowest BCUT2D eigenvalue weighted by Crippen LogP contribution is -2.54. The highest BCUT2D eigenvalue weighted by Gasteiger charge is 2.42. The van der Waals surface area contributed by atoms with E-state index in [0.29, 0.717) is 31.9 Å². The van der Waals surface area contributed by atoms with Crippen molar-refractivity contribution in [1.82, 2.24) is 9.80 Å². The van der Waals surface area contributed by atoms with Gasteiger partial charge in [0.2, 0.25) is 0 Å². The number of piperazine rings is 1. The lowest BCUT2D eigenvalue weighted by atomic mass is 10.2. The van der Waals surface area contributed by atoms with Crippen LogP contribution < -0.4 is 9.64 Å². The van der Waals surface area contributed by atoms with Gasteiger partial charge in [0.1, 0.15) is 11.4 Å². The molecule has 7 heteroatoms. The van der Waals surface area contributed by atoms with Crippen LogP contribution in [0.15, 0.2) is 24.3 Å². The van der Waals surface area contributed by atoms with E-state index in [1.807, 2.05) is 49.9 Å². The number of ether oxygens (including phenoxy) is 2. The summed E-state index contributed by atoms with van der Waals surface area (Å²) >= 11 is 0. The summed E-state index contributed by atoms with van der Waals surface area (Å²) in [6.45, 7) is 7.60. The normalized spacial score (nSPS) is 20.6. The molecule has 0 bridgehead atoms. The van der Waals surface area contributed by atoms with Crippen LogP contribution in [-0.4, -0.2) is 66.9 Å². The lowest BCUT2D eigenvalue weighted by molar-refractivity contribution is 0.0128. The molecule has 2 saturated heterocycles. The SMILES string of the molecule is COc1cccc(N2CC3CN(C(=O)OC(C)(C)C)CCN3C2=O)c1. The van der Waals surface area contributed by atoms with Crippen LogP contribution in [-0.2, 0) is 4.74 Å². The predicted molar refractivity (Wildman–Crippen MR) is 94.0 cm³/mol. The van der Waals surface area contributed by atoms with Gasteiger partial charge in [0.25, 0.3) is 0 Å². The van der Waals surface area contributed by atoms with Gasteiger partial charge in [-0.05, 0) is 32.9 Å². The van der Waals surface area contributed by atoms with Crippen molar-refractivity contribution in [1.29, 1.82) is 0 Å². The highest BCUT2D eigenvalue weighted by molar-refractivity contribution is 5.95. The first-order valence-electron chi connectivity index (χ1n) is 8.48. The van der Waals surface area contributed by atoms with Crippen molar-refractivity contribution in [3.05, 3.63) is 24.3 Å². The number of rotatable bonds is 2. The Kier molecular flexibility index (Phi) is 4.49. The number of carbonyl (C=O) groups excluding carboxylic acids is 2. The largest absolute Gasteiger partial charge is 0.497 e. The molecule has 1 aromatic carbocycles. The molecular formula is C18H25N3O4. The van der Waals surface area contributed by atoms with E-state index < -0.39 is 5.60 Å². The van der Waals surface area contributed by atoms with E-state index in [2.05, 4.69) is 0 Å². The van der Waals surface area contributed by atoms with Crippen LogP contribution in [0.2, 0.25) is 0 Å². The van der Waals surface area contributed by atoms with Crippen LogP contribution in [0.25, 0.3) is 0 Å². The minimum atomic E-state index is -0.521. The summed E-state index contributed by atoms with van der Waals surface area (Å²) in [6.07, 6.45) is -0.320. The van der Waals surface area contributed by atoms with Crippen LogP contribution in [0.5, 0.6) is 5.75 Å². The molecule has 1 atom stereocenters. The van der Waals surface area contributed by atoms with E-state index in [9.17, 15) is 9.59 Å². The highest BCUT2D eigenvalue weighted by Crippen LogP contribution is 2.29. The number of fused-ring (bicyclic) bond motifs is 1. The molecule has 3 amide bonds. The third kappa shape index (κ3) is 3.65. The van der Waals surface area contributed by atoms with Gasteiger partial charge in [0.05, 0.1) is 13.2 Å². The van der Waals surface area contributed by atoms with Gasteiger partial charge >= 0.3 is 12.1 Å². The predicted octanol–water partition coefficient (Wildman–Crippen LogP) is 2.56. The first-order chi connectivity index (χ1) is 11.8. The molecule has 0 N–H and O–H groups in total. The van der Waals surface area contributed by atoms with Gasteiger partial charge in [-0.25, -0.2) is 9.59 Å². The van der Waals surface area contributed by atoms with Gasteiger partial charge in [0, 0.05) is 37.9 Å². The maximum atomic E-state index is 12.7. The molecule has 2 fully saturated rings. The van der Waals surface area contributed by atoms with E-state index >= 15 is 0 Å². The van der Waals surface area contributed by atoms with Crippen molar-refractivity contribution in [2.45, 2.75) is 32.4 Å². The molecule has 2 aliphatic heterocycles. The third-order valence-corrected chi connectivity index (χ3v) is 4.37. The number of methoxy groups -OCH3 is 1. The number of hydrogen-bond acceptors (Lipinski definition) is 4. The molecule has 25 heavy (non-hydrogen) atoms. The number of carbonyl (C=O) groups is 2. The van der Waals surface area contributed by atoms with Crippen LogP contribution in [0.1, 0.15) is 20.8 Å². The number of anilines is 1. The molecular weight excluding hydrogens is 322 g/mol. The molecule has 0 radical (unpaired) electrons. The minimum absolute atomic E-state index is 0.0258. The average Bonchev–Trinajstić information content (AvgIpc) is 2.90. The number of benzene rings is 1. The Hall–Kier alpha value is -2.44. The summed E-state index contributed by atoms with van der Waals surface area (Å²) in [7, 11) is 1.60. The summed E-state index contributed by atoms with van der Waals surface area (Å²) in [5.74, 6) is 0.713. The van der Waals surface area contributed by atoms with Crippen molar-refractivity contribution in [2.75, 3.05) is 38.2 Å². The Balaban J connectivity index is 1.70. The van der Waals surface area contributed by atoms with Crippen LogP contribution in [0.3, 0.4) is 0 Å². The Labute approximate surface area is 148 Å². The van der Waals surface area contributed by atoms with Crippen molar-refractivity contribution >= 4 is 17.8 Å². The van der Waals surface area contributed by atoms with Crippen molar-refractivity contribution < 1.29 is 19.1 Å². The molecule has 3 rings (SSSR count). The standard InChI is InChI=1S/C18H25N3O4/c1-18(2,3)25-17(23)19-8-9-20-14(11-19)12-21(16(20)22)13-6-5-7-15(10-13)24-4/h5-7,10,14H,8-9,11-12H2,1-4H3. The molecule has 0 spiro atoms. The Morgan fingerprint density at radius 2 is 1.96 bits per heavy atom. The van der Waals surface area contributed by atoms with E-state index in [4.69, 9.17) is 9.47 Å². The smallest absolute Gasteiger partial charge is 0.410 e. The molecule has 1 aromatic rings. The van der Waals surface area contributed by atoms with Gasteiger partial charge < -0.3 is 19.3 Å². The quantitative estimate of drug-likeness (QED) is 0.825. The fourth-order valence-corrected chi connectivity index (χ4v) is 3.19. The molecule has 0 saturated carbocycles. The monoisotopic (exact) mass is 347 g/mol. The summed E-state index contributed by atoms with van der Waals surface area (Å²) in [5.41, 5.74) is 0.286. The third-order valence-electron chi connectivity index (χ3n) is 4.37. The summed E-state index contributed by atoms with van der Waals surface area (Å²) < 4.78 is 10.7. The van der Waals surface area contributed by atoms with Crippen molar-refractivity contribution in [2.24, 2.45) is 0 Å². The highest BCUT2D eigenvalue weighted by atomic mass is 16.6. The van der Waals surface area contributed by atoms with Gasteiger partial charge in [-0.15, -0.1) is 0 Å². The van der Waals surface area contributed by atoms with E-state index in [1.165, 1.54) is 0 Å². The molecule has 2 aliphatic rings. The number of hydrogen-bond donors (Lipinski definition) is 0. The molecule has 0 aliphatic carbocycles. The topological polar surface area (TPSA) is 62.3 Å². The molecule has 2 heterocycles. The summed E-state index contributed by atoms with van der Waals surface area (Å²) in [5, 5.41) is 0. The van der Waals surface area contributed by atoms with E-state index in [-0.39, 0.29) is 18.2 Å². The molecule has 136 valence electrons. The fraction of sp³-hybridized carbons (Fsp3) is 0.556. The maximum Gasteiger partial charge on any atom is 0.410 e. The van der Waals surface area contributed by atoms with Gasteiger partial charge in [-0.1, -0.05) is 6.07 Å². The van der Waals surface area contributed by atoms with Crippen molar-refractivity contribution in [3.63, 3.8) is 0 Å². The Morgan fingerprint density at radius 3 is 2.64 bits per heavy atom. The molecule has 7 nitrogen and oxygen atoms in total. The second kappa shape index (κ2) is 6.46. The van der Waals surface area contributed by atoms with Gasteiger partial charge in [0.15, 0.2) is 0 Å². The zero-order valence-corrected chi connectivity index (χ0v) is 15.2. The van der Waals surface area contributed by atoms with Crippen LogP contribution in [0, 0.1) is 0 Å². The summed E-state index contributed by atoms with van der Waals surface area (Å²) in [4.78, 5) is 30.3. The number of amides is 3. The first-order valence-corrected chi connectivity index (χ1v) is 8.48. The maximum absolute atomic E-state index is 12.7. The number of urea groups is 1. The second-order valence-electron chi connectivity index (χ2n) is 7.37. The minimum Gasteiger partial charge on any atom is -0.497 e. The Morgan fingerprint density at radius 1 is 1.20 bits per heavy atom. The summed E-state index contributed by atoms with van der Waals surface area (Å²) in [6, 6.07) is 7.40. The lowest BCUT2D eigenvalue weighted by Gasteiger charge is -2.36. The zero-order chi connectivity index (χ0) is 18.2. The Bertz CT molecular complexity index is 671. The van der Waals surface area contributed by atoms with Gasteiger partial charge in [-0.3, -0.25) is 4.90 Å². The van der Waals surface area contributed by atoms with Gasteiger partial charge in [-0.2, -0.15) is 0 Å². The number of nitrogens with zero attached hydrogens (tertiary/aromatic N) is 3. The second-order valence-corrected chi connectivity index (χ2v) is 7.37. The van der Waals surface area contributed by atoms with Crippen LogP contribution >= 0.6 is 0 Å². The van der Waals surface area contributed by atoms with Crippen molar-refractivity contribution in [3.8, 4) is 5.75 Å². The first kappa shape index (κ1) is 17.4. The average molecular weight is 347 g/mol. The fourth-order valence-electron chi connectivity index (χ4n) is 3.19.